The van der Waals surface area contributed by atoms with Gasteiger partial charge in [-0.25, -0.2) is 0 Å². The Morgan fingerprint density at radius 2 is 2.36 bits per heavy atom. The zero-order chi connectivity index (χ0) is 8.48. The summed E-state index contributed by atoms with van der Waals surface area (Å²) in [5.41, 5.74) is 1.33. The molecule has 0 aromatic rings. The molecule has 0 aliphatic heterocycles. The second-order valence-corrected chi connectivity index (χ2v) is 3.93. The molecule has 0 radical (unpaired) electrons. The predicted octanol–water partition coefficient (Wildman–Crippen LogP) is 2.57. The standard InChI is InChI=1S/C10H16O/c1-8-4-5-10(3,7-11)9(2)6-8/h6-7,9H,4-5H2,1-3H3/t9-,10+/m1/s1. The van der Waals surface area contributed by atoms with Crippen LogP contribution in [0.2, 0.25) is 0 Å². The maximum atomic E-state index is 10.8. The Labute approximate surface area is 68.5 Å². The van der Waals surface area contributed by atoms with Crippen LogP contribution >= 0.6 is 0 Å². The molecule has 0 aromatic heterocycles. The summed E-state index contributed by atoms with van der Waals surface area (Å²) in [5.74, 6) is 0.411. The van der Waals surface area contributed by atoms with Gasteiger partial charge in [-0.05, 0) is 25.7 Å². The summed E-state index contributed by atoms with van der Waals surface area (Å²) < 4.78 is 0. The number of aldehydes is 1. The van der Waals surface area contributed by atoms with Crippen LogP contribution in [0.15, 0.2) is 11.6 Å². The van der Waals surface area contributed by atoms with Gasteiger partial charge >= 0.3 is 0 Å². The Kier molecular flexibility index (Phi) is 2.17. The van der Waals surface area contributed by atoms with Gasteiger partial charge in [0.2, 0.25) is 0 Å². The smallest absolute Gasteiger partial charge is 0.126 e. The third kappa shape index (κ3) is 1.52. The number of hydrogen-bond donors (Lipinski definition) is 0. The average Bonchev–Trinajstić information content (AvgIpc) is 1.98. The van der Waals surface area contributed by atoms with Gasteiger partial charge in [0.05, 0.1) is 0 Å². The first kappa shape index (κ1) is 8.51. The van der Waals surface area contributed by atoms with Gasteiger partial charge in [0, 0.05) is 5.41 Å². The first-order valence-corrected chi connectivity index (χ1v) is 4.22. The maximum absolute atomic E-state index is 10.8. The molecule has 1 aliphatic rings. The lowest BCUT2D eigenvalue weighted by molar-refractivity contribution is -0.117. The van der Waals surface area contributed by atoms with Crippen molar-refractivity contribution in [2.75, 3.05) is 0 Å². The van der Waals surface area contributed by atoms with Crippen molar-refractivity contribution in [3.05, 3.63) is 11.6 Å². The molecule has 0 unspecified atom stereocenters. The van der Waals surface area contributed by atoms with Gasteiger partial charge in [0.15, 0.2) is 0 Å². The fourth-order valence-electron chi connectivity index (χ4n) is 1.56. The van der Waals surface area contributed by atoms with Crippen molar-refractivity contribution in [2.24, 2.45) is 11.3 Å². The van der Waals surface area contributed by atoms with E-state index >= 15 is 0 Å². The SMILES string of the molecule is CC1=C[C@@H](C)[C@](C)(C=O)CC1. The minimum atomic E-state index is -0.0977. The van der Waals surface area contributed by atoms with E-state index < -0.39 is 0 Å². The van der Waals surface area contributed by atoms with Gasteiger partial charge in [0.1, 0.15) is 6.29 Å². The van der Waals surface area contributed by atoms with Gasteiger partial charge in [0.25, 0.3) is 0 Å². The van der Waals surface area contributed by atoms with E-state index in [-0.39, 0.29) is 5.41 Å². The first-order valence-electron chi connectivity index (χ1n) is 4.22. The van der Waals surface area contributed by atoms with Crippen LogP contribution in [0.1, 0.15) is 33.6 Å². The zero-order valence-electron chi connectivity index (χ0n) is 7.55. The van der Waals surface area contributed by atoms with E-state index in [1.165, 1.54) is 5.57 Å². The van der Waals surface area contributed by atoms with Gasteiger partial charge in [-0.3, -0.25) is 0 Å². The normalized spacial score (nSPS) is 38.1. The minimum absolute atomic E-state index is 0.0977. The molecule has 0 heterocycles. The molecule has 0 amide bonds. The summed E-state index contributed by atoms with van der Waals surface area (Å²) in [7, 11) is 0. The largest absolute Gasteiger partial charge is 0.303 e. The van der Waals surface area contributed by atoms with E-state index in [1.807, 2.05) is 6.92 Å². The van der Waals surface area contributed by atoms with Crippen LogP contribution < -0.4 is 0 Å². The lowest BCUT2D eigenvalue weighted by atomic mass is 9.71. The van der Waals surface area contributed by atoms with Crippen LogP contribution in [0.4, 0.5) is 0 Å². The van der Waals surface area contributed by atoms with Gasteiger partial charge in [-0.1, -0.05) is 25.5 Å². The van der Waals surface area contributed by atoms with Crippen LogP contribution in [0.3, 0.4) is 0 Å². The molecule has 2 atom stereocenters. The van der Waals surface area contributed by atoms with Gasteiger partial charge in [-0.15, -0.1) is 0 Å². The fourth-order valence-corrected chi connectivity index (χ4v) is 1.56. The maximum Gasteiger partial charge on any atom is 0.126 e. The Morgan fingerprint density at radius 1 is 1.73 bits per heavy atom. The summed E-state index contributed by atoms with van der Waals surface area (Å²) in [6.07, 6.45) is 5.43. The highest BCUT2D eigenvalue weighted by Crippen LogP contribution is 2.37. The van der Waals surface area contributed by atoms with E-state index in [1.54, 1.807) is 0 Å². The van der Waals surface area contributed by atoms with Crippen molar-refractivity contribution in [3.63, 3.8) is 0 Å². The number of hydrogen-bond acceptors (Lipinski definition) is 1. The zero-order valence-corrected chi connectivity index (χ0v) is 7.55. The van der Waals surface area contributed by atoms with Crippen molar-refractivity contribution >= 4 is 6.29 Å². The fraction of sp³-hybridized carbons (Fsp3) is 0.700. The molecule has 62 valence electrons. The summed E-state index contributed by atoms with van der Waals surface area (Å²) >= 11 is 0. The highest BCUT2D eigenvalue weighted by atomic mass is 16.1. The second-order valence-electron chi connectivity index (χ2n) is 3.93. The monoisotopic (exact) mass is 152 g/mol. The first-order chi connectivity index (χ1) is 5.08. The molecule has 0 bridgehead atoms. The highest BCUT2D eigenvalue weighted by molar-refractivity contribution is 5.60. The van der Waals surface area contributed by atoms with E-state index in [4.69, 9.17) is 0 Å². The topological polar surface area (TPSA) is 17.1 Å². The summed E-state index contributed by atoms with van der Waals surface area (Å²) in [4.78, 5) is 10.8. The van der Waals surface area contributed by atoms with E-state index in [0.717, 1.165) is 19.1 Å². The van der Waals surface area contributed by atoms with Crippen LogP contribution in [-0.4, -0.2) is 6.29 Å². The minimum Gasteiger partial charge on any atom is -0.303 e. The van der Waals surface area contributed by atoms with E-state index in [0.29, 0.717) is 5.92 Å². The van der Waals surface area contributed by atoms with Crippen LogP contribution in [0.5, 0.6) is 0 Å². The molecular formula is C10H16O. The lowest BCUT2D eigenvalue weighted by Gasteiger charge is -2.32. The Balaban J connectivity index is 2.82. The summed E-state index contributed by atoms with van der Waals surface area (Å²) in [6, 6.07) is 0. The molecule has 11 heavy (non-hydrogen) atoms. The van der Waals surface area contributed by atoms with Crippen molar-refractivity contribution in [3.8, 4) is 0 Å². The molecule has 0 saturated heterocycles. The third-order valence-electron chi connectivity index (χ3n) is 2.90. The van der Waals surface area contributed by atoms with Crippen molar-refractivity contribution < 1.29 is 4.79 Å². The molecular weight excluding hydrogens is 136 g/mol. The molecule has 1 aliphatic carbocycles. The molecule has 1 rings (SSSR count). The molecule has 1 heteroatoms. The molecule has 0 fully saturated rings. The Bertz CT molecular complexity index is 193. The Morgan fingerprint density at radius 3 is 2.82 bits per heavy atom. The quantitative estimate of drug-likeness (QED) is 0.417. The van der Waals surface area contributed by atoms with Crippen LogP contribution in [0, 0.1) is 11.3 Å². The summed E-state index contributed by atoms with van der Waals surface area (Å²) in [6.45, 7) is 6.31. The second kappa shape index (κ2) is 2.80. The molecule has 0 aromatic carbocycles. The molecule has 1 nitrogen and oxygen atoms in total. The Hall–Kier alpha value is -0.590. The molecule has 0 saturated carbocycles. The molecule has 0 spiro atoms. The van der Waals surface area contributed by atoms with Crippen molar-refractivity contribution in [1.29, 1.82) is 0 Å². The van der Waals surface area contributed by atoms with E-state index in [9.17, 15) is 4.79 Å². The van der Waals surface area contributed by atoms with Crippen LogP contribution in [-0.2, 0) is 4.79 Å². The van der Waals surface area contributed by atoms with Gasteiger partial charge in [-0.2, -0.15) is 0 Å². The molecule has 0 N–H and O–H groups in total. The number of rotatable bonds is 1. The lowest BCUT2D eigenvalue weighted by Crippen LogP contribution is -2.28. The third-order valence-corrected chi connectivity index (χ3v) is 2.90. The van der Waals surface area contributed by atoms with Crippen molar-refractivity contribution in [2.45, 2.75) is 33.6 Å². The predicted molar refractivity (Wildman–Crippen MR) is 46.3 cm³/mol. The average molecular weight is 152 g/mol. The highest BCUT2D eigenvalue weighted by Gasteiger charge is 2.31. The van der Waals surface area contributed by atoms with Crippen molar-refractivity contribution in [1.82, 2.24) is 0 Å². The van der Waals surface area contributed by atoms with E-state index in [2.05, 4.69) is 19.9 Å². The summed E-state index contributed by atoms with van der Waals surface area (Å²) in [5, 5.41) is 0. The number of carbonyl (C=O) groups excluding carboxylic acids is 1. The number of carbonyl (C=O) groups is 1. The van der Waals surface area contributed by atoms with Gasteiger partial charge < -0.3 is 4.79 Å². The van der Waals surface area contributed by atoms with Crippen LogP contribution in [0.25, 0.3) is 0 Å². The number of allylic oxidation sites excluding steroid dienone is 2.